The van der Waals surface area contributed by atoms with Crippen LogP contribution in [0.5, 0.6) is 5.75 Å². The predicted molar refractivity (Wildman–Crippen MR) is 93.3 cm³/mol. The molecule has 0 unspecified atom stereocenters. The number of hydrogen-bond acceptors (Lipinski definition) is 4. The molecule has 0 spiro atoms. The summed E-state index contributed by atoms with van der Waals surface area (Å²) in [5.74, 6) is 0.259. The van der Waals surface area contributed by atoms with Crippen molar-refractivity contribution in [2.75, 3.05) is 26.2 Å². The van der Waals surface area contributed by atoms with Crippen molar-refractivity contribution < 1.29 is 5.11 Å². The minimum atomic E-state index is 0. The smallest absolute Gasteiger partial charge is 0.141 e. The first kappa shape index (κ1) is 20.2. The van der Waals surface area contributed by atoms with E-state index < -0.39 is 0 Å². The lowest BCUT2D eigenvalue weighted by molar-refractivity contribution is 0.234. The normalized spacial score (nSPS) is 14.7. The number of pyridine rings is 1. The van der Waals surface area contributed by atoms with Gasteiger partial charge in [0.25, 0.3) is 0 Å². The lowest BCUT2D eigenvalue weighted by Crippen LogP contribution is -2.42. The van der Waals surface area contributed by atoms with Crippen LogP contribution in [0.3, 0.4) is 0 Å². The van der Waals surface area contributed by atoms with E-state index in [1.807, 2.05) is 18.2 Å². The third-order valence-corrected chi connectivity index (χ3v) is 3.44. The van der Waals surface area contributed by atoms with Crippen LogP contribution < -0.4 is 5.32 Å². The topological polar surface area (TPSA) is 48.4 Å². The van der Waals surface area contributed by atoms with Crippen LogP contribution in [0.25, 0.3) is 10.9 Å². The first-order valence-electron chi connectivity index (χ1n) is 6.33. The van der Waals surface area contributed by atoms with Gasteiger partial charge in [-0.05, 0) is 17.7 Å². The Labute approximate surface area is 143 Å². The van der Waals surface area contributed by atoms with Gasteiger partial charge in [0.2, 0.25) is 0 Å². The van der Waals surface area contributed by atoms with E-state index in [2.05, 4.69) is 15.2 Å². The van der Waals surface area contributed by atoms with Crippen LogP contribution in [0.15, 0.2) is 30.5 Å². The molecular weight excluding hydrogens is 333 g/mol. The number of nitrogens with zero attached hydrogens (tertiary/aromatic N) is 2. The Bertz CT molecular complexity index is 562. The van der Waals surface area contributed by atoms with Crippen molar-refractivity contribution in [2.45, 2.75) is 6.54 Å². The quantitative estimate of drug-likeness (QED) is 0.872. The SMILES string of the molecule is Cl.Cl.Cl.Oc1ccc(CN2CCNCC2)c2cccnc12. The molecule has 4 nitrogen and oxygen atoms in total. The molecule has 2 N–H and O–H groups in total. The summed E-state index contributed by atoms with van der Waals surface area (Å²) in [7, 11) is 0. The highest BCUT2D eigenvalue weighted by atomic mass is 35.5. The fourth-order valence-corrected chi connectivity index (χ4v) is 2.46. The third-order valence-electron chi connectivity index (χ3n) is 3.44. The standard InChI is InChI=1S/C14H17N3O.3ClH/c18-13-4-3-11(10-17-8-6-15-7-9-17)12-2-1-5-16-14(12)13;;;/h1-5,15,18H,6-10H2;3*1H. The zero-order valence-corrected chi connectivity index (χ0v) is 13.9. The molecule has 1 aliphatic heterocycles. The largest absolute Gasteiger partial charge is 0.506 e. The number of phenolic OH excluding ortho intramolecular Hbond substituents is 1. The summed E-state index contributed by atoms with van der Waals surface area (Å²) in [6.07, 6.45) is 1.72. The Balaban J connectivity index is 0.00000133. The van der Waals surface area contributed by atoms with E-state index in [9.17, 15) is 5.11 Å². The molecule has 21 heavy (non-hydrogen) atoms. The van der Waals surface area contributed by atoms with E-state index in [-0.39, 0.29) is 43.0 Å². The number of rotatable bonds is 2. The average Bonchev–Trinajstić information content (AvgIpc) is 2.44. The molecule has 7 heteroatoms. The van der Waals surface area contributed by atoms with Crippen LogP contribution in [0.1, 0.15) is 5.56 Å². The van der Waals surface area contributed by atoms with Gasteiger partial charge in [-0.1, -0.05) is 12.1 Å². The van der Waals surface area contributed by atoms with E-state index in [0.717, 1.165) is 38.1 Å². The summed E-state index contributed by atoms with van der Waals surface area (Å²) in [5.41, 5.74) is 1.93. The van der Waals surface area contributed by atoms with Gasteiger partial charge in [0.15, 0.2) is 0 Å². The van der Waals surface area contributed by atoms with E-state index in [1.165, 1.54) is 5.56 Å². The fraction of sp³-hybridized carbons (Fsp3) is 0.357. The van der Waals surface area contributed by atoms with Gasteiger partial charge in [-0.2, -0.15) is 0 Å². The molecule has 1 aromatic heterocycles. The molecule has 0 saturated carbocycles. The van der Waals surface area contributed by atoms with Crippen LogP contribution in [-0.4, -0.2) is 41.2 Å². The molecule has 2 heterocycles. The molecule has 118 valence electrons. The van der Waals surface area contributed by atoms with Gasteiger partial charge in [0.1, 0.15) is 11.3 Å². The second kappa shape index (κ2) is 9.28. The van der Waals surface area contributed by atoms with Crippen LogP contribution in [0.4, 0.5) is 0 Å². The van der Waals surface area contributed by atoms with Gasteiger partial charge in [-0.3, -0.25) is 9.88 Å². The second-order valence-electron chi connectivity index (χ2n) is 4.67. The van der Waals surface area contributed by atoms with Gasteiger partial charge in [-0.15, -0.1) is 37.2 Å². The van der Waals surface area contributed by atoms with E-state index in [0.29, 0.717) is 5.52 Å². The molecule has 1 saturated heterocycles. The first-order chi connectivity index (χ1) is 8.84. The van der Waals surface area contributed by atoms with Gasteiger partial charge in [0.05, 0.1) is 0 Å². The maximum absolute atomic E-state index is 9.82. The summed E-state index contributed by atoms with van der Waals surface area (Å²) in [6, 6.07) is 7.69. The van der Waals surface area contributed by atoms with E-state index in [4.69, 9.17) is 0 Å². The third kappa shape index (κ3) is 4.59. The van der Waals surface area contributed by atoms with E-state index >= 15 is 0 Å². The minimum absolute atomic E-state index is 0. The second-order valence-corrected chi connectivity index (χ2v) is 4.67. The zero-order valence-electron chi connectivity index (χ0n) is 11.5. The van der Waals surface area contributed by atoms with Crippen molar-refractivity contribution in [3.8, 4) is 5.75 Å². The lowest BCUT2D eigenvalue weighted by Gasteiger charge is -2.27. The molecule has 2 aromatic rings. The van der Waals surface area contributed by atoms with Crippen molar-refractivity contribution >= 4 is 48.1 Å². The Morgan fingerprint density at radius 1 is 1.10 bits per heavy atom. The number of piperazine rings is 1. The predicted octanol–water partition coefficient (Wildman–Crippen LogP) is 2.61. The molecule has 0 atom stereocenters. The van der Waals surface area contributed by atoms with Gasteiger partial charge in [-0.25, -0.2) is 0 Å². The molecule has 0 amide bonds. The van der Waals surface area contributed by atoms with Crippen molar-refractivity contribution in [3.05, 3.63) is 36.0 Å². The Kier molecular flexibility index (Phi) is 8.94. The monoisotopic (exact) mass is 351 g/mol. The summed E-state index contributed by atoms with van der Waals surface area (Å²) in [4.78, 5) is 6.68. The van der Waals surface area contributed by atoms with Crippen LogP contribution in [0, 0.1) is 0 Å². The lowest BCUT2D eigenvalue weighted by atomic mass is 10.1. The van der Waals surface area contributed by atoms with Crippen molar-refractivity contribution in [1.29, 1.82) is 0 Å². The van der Waals surface area contributed by atoms with Crippen LogP contribution in [0.2, 0.25) is 0 Å². The molecular formula is C14H20Cl3N3O. The fourth-order valence-electron chi connectivity index (χ4n) is 2.46. The Morgan fingerprint density at radius 3 is 2.52 bits per heavy atom. The Morgan fingerprint density at radius 2 is 1.81 bits per heavy atom. The van der Waals surface area contributed by atoms with Crippen LogP contribution in [-0.2, 0) is 6.54 Å². The van der Waals surface area contributed by atoms with Crippen molar-refractivity contribution in [3.63, 3.8) is 0 Å². The molecule has 1 fully saturated rings. The first-order valence-corrected chi connectivity index (χ1v) is 6.33. The number of fused-ring (bicyclic) bond motifs is 1. The van der Waals surface area contributed by atoms with Crippen LogP contribution >= 0.6 is 37.2 Å². The van der Waals surface area contributed by atoms with Gasteiger partial charge in [0, 0.05) is 44.3 Å². The molecule has 0 radical (unpaired) electrons. The maximum Gasteiger partial charge on any atom is 0.141 e. The highest BCUT2D eigenvalue weighted by molar-refractivity contribution is 5.87. The number of benzene rings is 1. The summed E-state index contributed by atoms with van der Waals surface area (Å²) >= 11 is 0. The highest BCUT2D eigenvalue weighted by Crippen LogP contribution is 2.26. The number of halogens is 3. The zero-order chi connectivity index (χ0) is 12.4. The van der Waals surface area contributed by atoms with Crippen molar-refractivity contribution in [1.82, 2.24) is 15.2 Å². The molecule has 3 rings (SSSR count). The van der Waals surface area contributed by atoms with Gasteiger partial charge < -0.3 is 10.4 Å². The maximum atomic E-state index is 9.82. The summed E-state index contributed by atoms with van der Waals surface area (Å²) in [5, 5.41) is 14.2. The minimum Gasteiger partial charge on any atom is -0.506 e. The molecule has 1 aromatic carbocycles. The average molecular weight is 353 g/mol. The number of aromatic nitrogens is 1. The number of phenols is 1. The highest BCUT2D eigenvalue weighted by Gasteiger charge is 2.12. The Hall–Kier alpha value is -0.780. The number of nitrogens with one attached hydrogen (secondary N) is 1. The molecule has 1 aliphatic rings. The summed E-state index contributed by atoms with van der Waals surface area (Å²) < 4.78 is 0. The molecule has 0 bridgehead atoms. The van der Waals surface area contributed by atoms with Gasteiger partial charge >= 0.3 is 0 Å². The van der Waals surface area contributed by atoms with Crippen molar-refractivity contribution in [2.24, 2.45) is 0 Å². The van der Waals surface area contributed by atoms with E-state index in [1.54, 1.807) is 12.3 Å². The number of aromatic hydroxyl groups is 1. The number of hydrogen-bond donors (Lipinski definition) is 2. The molecule has 0 aliphatic carbocycles. The summed E-state index contributed by atoms with van der Waals surface area (Å²) in [6.45, 7) is 5.16.